The van der Waals surface area contributed by atoms with E-state index < -0.39 is 29.6 Å². The Labute approximate surface area is 146 Å². The second-order valence-corrected chi connectivity index (χ2v) is 6.64. The van der Waals surface area contributed by atoms with Gasteiger partial charge in [0.25, 0.3) is 5.91 Å². The van der Waals surface area contributed by atoms with Crippen LogP contribution in [0.15, 0.2) is 29.2 Å². The summed E-state index contributed by atoms with van der Waals surface area (Å²) >= 11 is 6.02. The van der Waals surface area contributed by atoms with Gasteiger partial charge in [0.1, 0.15) is 16.2 Å². The Morgan fingerprint density at radius 1 is 1.46 bits per heavy atom. The van der Waals surface area contributed by atoms with Crippen molar-refractivity contribution in [2.24, 2.45) is 5.73 Å². The first-order valence-corrected chi connectivity index (χ1v) is 8.06. The maximum atomic E-state index is 13.2. The number of aliphatic carboxylic acids is 1. The number of carboxylic acids is 1. The Morgan fingerprint density at radius 3 is 2.75 bits per heavy atom. The molecule has 0 bridgehead atoms. The van der Waals surface area contributed by atoms with Gasteiger partial charge in [-0.15, -0.1) is 0 Å². The largest absolute Gasteiger partial charge is 0.480 e. The molecule has 1 aromatic carbocycles. The van der Waals surface area contributed by atoms with E-state index in [-0.39, 0.29) is 22.1 Å². The fourth-order valence-corrected chi connectivity index (χ4v) is 3.50. The molecule has 126 valence electrons. The van der Waals surface area contributed by atoms with Gasteiger partial charge < -0.3 is 10.8 Å². The zero-order valence-electron chi connectivity index (χ0n) is 12.3. The summed E-state index contributed by atoms with van der Waals surface area (Å²) < 4.78 is 13.3. The zero-order chi connectivity index (χ0) is 17.9. The maximum absolute atomic E-state index is 13.2. The van der Waals surface area contributed by atoms with Gasteiger partial charge in [-0.1, -0.05) is 36.1 Å². The molecule has 2 amide bonds. The van der Waals surface area contributed by atoms with Crippen LogP contribution < -0.4 is 5.73 Å². The SMILES string of the molecule is NC(=O)CCC(C(=O)O)N1C(=O)/C(=C/c2cccc(F)c2)SC1=S. The Hall–Kier alpha value is -2.26. The van der Waals surface area contributed by atoms with Crippen LogP contribution >= 0.6 is 24.0 Å². The predicted octanol–water partition coefficient (Wildman–Crippen LogP) is 1.75. The first-order valence-electron chi connectivity index (χ1n) is 6.83. The van der Waals surface area contributed by atoms with Crippen molar-refractivity contribution in [1.82, 2.24) is 4.90 Å². The van der Waals surface area contributed by atoms with Gasteiger partial charge in [-0.2, -0.15) is 0 Å². The van der Waals surface area contributed by atoms with Crippen molar-refractivity contribution in [2.45, 2.75) is 18.9 Å². The van der Waals surface area contributed by atoms with Crippen LogP contribution in [-0.4, -0.2) is 38.2 Å². The zero-order valence-corrected chi connectivity index (χ0v) is 13.9. The first kappa shape index (κ1) is 18.1. The summed E-state index contributed by atoms with van der Waals surface area (Å²) in [6.45, 7) is 0. The van der Waals surface area contributed by atoms with Gasteiger partial charge in [0.05, 0.1) is 4.91 Å². The molecular weight excluding hydrogens is 355 g/mol. The molecule has 0 saturated carbocycles. The minimum Gasteiger partial charge on any atom is -0.480 e. The van der Waals surface area contributed by atoms with Crippen LogP contribution in [0.1, 0.15) is 18.4 Å². The number of thiocarbonyl (C=S) groups is 1. The van der Waals surface area contributed by atoms with Crippen LogP contribution in [0.4, 0.5) is 4.39 Å². The molecule has 1 saturated heterocycles. The van der Waals surface area contributed by atoms with Crippen molar-refractivity contribution in [1.29, 1.82) is 0 Å². The molecule has 6 nitrogen and oxygen atoms in total. The molecule has 9 heteroatoms. The molecule has 1 heterocycles. The lowest BCUT2D eigenvalue weighted by Gasteiger charge is -2.22. The molecule has 1 unspecified atom stereocenters. The number of benzene rings is 1. The van der Waals surface area contributed by atoms with E-state index in [0.29, 0.717) is 5.56 Å². The number of primary amides is 1. The van der Waals surface area contributed by atoms with Gasteiger partial charge in [0.15, 0.2) is 0 Å². The number of carboxylic acid groups (broad SMARTS) is 1. The number of rotatable bonds is 6. The molecule has 1 fully saturated rings. The van der Waals surface area contributed by atoms with E-state index in [1.165, 1.54) is 24.3 Å². The Balaban J connectivity index is 2.26. The van der Waals surface area contributed by atoms with E-state index in [1.807, 2.05) is 0 Å². The summed E-state index contributed by atoms with van der Waals surface area (Å²) in [5.74, 6) is -2.99. The highest BCUT2D eigenvalue weighted by Crippen LogP contribution is 2.34. The highest BCUT2D eigenvalue weighted by atomic mass is 32.2. The Kier molecular flexibility index (Phi) is 5.68. The van der Waals surface area contributed by atoms with Gasteiger partial charge in [0, 0.05) is 6.42 Å². The highest BCUT2D eigenvalue weighted by Gasteiger charge is 2.40. The monoisotopic (exact) mass is 368 g/mol. The van der Waals surface area contributed by atoms with Gasteiger partial charge in [0.2, 0.25) is 5.91 Å². The number of carbonyl (C=O) groups is 3. The second-order valence-electron chi connectivity index (χ2n) is 4.97. The van der Waals surface area contributed by atoms with Crippen molar-refractivity contribution < 1.29 is 23.9 Å². The first-order chi connectivity index (χ1) is 11.3. The molecule has 0 aromatic heterocycles. The number of amides is 2. The van der Waals surface area contributed by atoms with Crippen molar-refractivity contribution in [3.63, 3.8) is 0 Å². The third-order valence-corrected chi connectivity index (χ3v) is 4.56. The summed E-state index contributed by atoms with van der Waals surface area (Å²) in [5, 5.41) is 9.31. The van der Waals surface area contributed by atoms with Crippen LogP contribution in [0.5, 0.6) is 0 Å². The van der Waals surface area contributed by atoms with Crippen molar-refractivity contribution in [2.75, 3.05) is 0 Å². The number of nitrogens with two attached hydrogens (primary N) is 1. The number of hydrogen-bond donors (Lipinski definition) is 2. The Bertz CT molecular complexity index is 751. The fraction of sp³-hybridized carbons (Fsp3) is 0.200. The third-order valence-electron chi connectivity index (χ3n) is 3.23. The lowest BCUT2D eigenvalue weighted by molar-refractivity contribution is -0.145. The van der Waals surface area contributed by atoms with Crippen LogP contribution in [0, 0.1) is 5.82 Å². The highest BCUT2D eigenvalue weighted by molar-refractivity contribution is 8.26. The molecule has 0 aliphatic carbocycles. The van der Waals surface area contributed by atoms with Crippen LogP contribution in [0.2, 0.25) is 0 Å². The topological polar surface area (TPSA) is 101 Å². The van der Waals surface area contributed by atoms with Crippen molar-refractivity contribution in [3.8, 4) is 0 Å². The minimum atomic E-state index is -1.28. The molecule has 3 N–H and O–H groups in total. The fourth-order valence-electron chi connectivity index (χ4n) is 2.14. The van der Waals surface area contributed by atoms with E-state index in [4.69, 9.17) is 18.0 Å². The molecule has 1 aliphatic rings. The molecular formula is C15H13FN2O4S2. The molecule has 2 rings (SSSR count). The molecule has 1 aromatic rings. The van der Waals surface area contributed by atoms with Crippen LogP contribution in [-0.2, 0) is 14.4 Å². The van der Waals surface area contributed by atoms with Gasteiger partial charge in [-0.05, 0) is 30.2 Å². The van der Waals surface area contributed by atoms with Gasteiger partial charge in [-0.25, -0.2) is 9.18 Å². The van der Waals surface area contributed by atoms with E-state index >= 15 is 0 Å². The summed E-state index contributed by atoms with van der Waals surface area (Å²) in [6, 6.07) is 4.34. The lowest BCUT2D eigenvalue weighted by atomic mass is 10.1. The van der Waals surface area contributed by atoms with Crippen molar-refractivity contribution in [3.05, 3.63) is 40.6 Å². The van der Waals surface area contributed by atoms with E-state index in [0.717, 1.165) is 16.7 Å². The number of carbonyl (C=O) groups excluding carboxylic acids is 2. The van der Waals surface area contributed by atoms with Crippen LogP contribution in [0.3, 0.4) is 0 Å². The molecule has 24 heavy (non-hydrogen) atoms. The second kappa shape index (κ2) is 7.54. The standard InChI is InChI=1S/C15H13FN2O4S2/c16-9-3-1-2-8(6-9)7-11-13(20)18(15(23)24-11)10(14(21)22)4-5-12(17)19/h1-3,6-7,10H,4-5H2,(H2,17,19)(H,21,22)/b11-7-. The van der Waals surface area contributed by atoms with Crippen LogP contribution in [0.25, 0.3) is 6.08 Å². The summed E-state index contributed by atoms with van der Waals surface area (Å²) in [6.07, 6.45) is 1.12. The smallest absolute Gasteiger partial charge is 0.326 e. The average molecular weight is 368 g/mol. The molecule has 0 radical (unpaired) electrons. The lowest BCUT2D eigenvalue weighted by Crippen LogP contribution is -2.44. The average Bonchev–Trinajstić information content (AvgIpc) is 2.74. The normalized spacial score (nSPS) is 17.4. The molecule has 0 spiro atoms. The summed E-state index contributed by atoms with van der Waals surface area (Å²) in [7, 11) is 0. The minimum absolute atomic E-state index is 0.0690. The number of hydrogen-bond acceptors (Lipinski definition) is 5. The number of nitrogens with zero attached hydrogens (tertiary/aromatic N) is 1. The maximum Gasteiger partial charge on any atom is 0.326 e. The van der Waals surface area contributed by atoms with Gasteiger partial charge >= 0.3 is 5.97 Å². The number of halogens is 1. The van der Waals surface area contributed by atoms with E-state index in [9.17, 15) is 23.9 Å². The van der Waals surface area contributed by atoms with Gasteiger partial charge in [-0.3, -0.25) is 14.5 Å². The Morgan fingerprint density at radius 2 is 2.17 bits per heavy atom. The number of thioether (sulfide) groups is 1. The quantitative estimate of drug-likeness (QED) is 0.586. The van der Waals surface area contributed by atoms with Crippen molar-refractivity contribution >= 4 is 52.2 Å². The predicted molar refractivity (Wildman–Crippen MR) is 91.3 cm³/mol. The summed E-state index contributed by atoms with van der Waals surface area (Å²) in [5.41, 5.74) is 5.49. The van der Waals surface area contributed by atoms with E-state index in [2.05, 4.69) is 0 Å². The molecule has 1 atom stereocenters. The molecule has 1 aliphatic heterocycles. The summed E-state index contributed by atoms with van der Waals surface area (Å²) in [4.78, 5) is 35.9. The third kappa shape index (κ3) is 4.18. The van der Waals surface area contributed by atoms with E-state index in [1.54, 1.807) is 6.07 Å².